The first-order valence-corrected chi connectivity index (χ1v) is 5.47. The van der Waals surface area contributed by atoms with Crippen LogP contribution in [0.1, 0.15) is 0 Å². The van der Waals surface area contributed by atoms with Gasteiger partial charge in [-0.25, -0.2) is 0 Å². The summed E-state index contributed by atoms with van der Waals surface area (Å²) in [6.45, 7) is 0. The highest BCUT2D eigenvalue weighted by Gasteiger charge is 1.85. The third-order valence-corrected chi connectivity index (χ3v) is 1.09. The van der Waals surface area contributed by atoms with Crippen molar-refractivity contribution in [2.24, 2.45) is 0 Å². The maximum Gasteiger partial charge on any atom is 0.291 e. The van der Waals surface area contributed by atoms with Gasteiger partial charge < -0.3 is 0 Å². The fourth-order valence-corrected chi connectivity index (χ4v) is 0.613. The van der Waals surface area contributed by atoms with E-state index in [1.807, 2.05) is 12.1 Å². The number of nitrogens with zero attached hydrogens (tertiary/aromatic N) is 1. The van der Waals surface area contributed by atoms with Crippen LogP contribution in [0.15, 0.2) is 29.0 Å². The monoisotopic (exact) mass is 252 g/mol. The summed E-state index contributed by atoms with van der Waals surface area (Å²) in [7, 11) is -3.92. The van der Waals surface area contributed by atoms with Gasteiger partial charge in [0.15, 0.2) is 0 Å². The highest BCUT2D eigenvalue weighted by molar-refractivity contribution is 9.10. The standard InChI is InChI=1S/C5H4BrN.CH3O3S/c6-5-2-1-3-7-4-5;1-5(2,3)4/h1-4H;1H3. The van der Waals surface area contributed by atoms with E-state index in [0.29, 0.717) is 6.26 Å². The molecule has 0 spiro atoms. The quantitative estimate of drug-likeness (QED) is 0.698. The Bertz CT molecular complexity index is 303. The molecule has 67 valence electrons. The molecule has 0 aromatic carbocycles. The molecule has 0 saturated heterocycles. The average Bonchev–Trinajstić information content (AvgIpc) is 1.85. The zero-order chi connectivity index (χ0) is 9.61. The van der Waals surface area contributed by atoms with Gasteiger partial charge in [0.05, 0.1) is 6.26 Å². The number of hydrogen-bond acceptors (Lipinski definition) is 3. The lowest BCUT2D eigenvalue weighted by atomic mass is 10.5. The van der Waals surface area contributed by atoms with Crippen LogP contribution in [-0.4, -0.2) is 19.7 Å². The SMILES string of the molecule is Brc1cccnc1.CS([O])(=O)=O. The maximum absolute atomic E-state index is 9.08. The van der Waals surface area contributed by atoms with Crippen LogP contribution in [-0.2, 0) is 14.7 Å². The Morgan fingerprint density at radius 2 is 2.00 bits per heavy atom. The molecule has 1 heterocycles. The molecular formula is C6H7BrNO3S. The smallest absolute Gasteiger partial charge is 0.264 e. The minimum Gasteiger partial charge on any atom is -0.264 e. The molecule has 0 fully saturated rings. The van der Waals surface area contributed by atoms with Crippen LogP contribution < -0.4 is 0 Å². The fourth-order valence-electron chi connectivity index (χ4n) is 0.342. The molecule has 0 aliphatic heterocycles. The van der Waals surface area contributed by atoms with E-state index in [1.165, 1.54) is 0 Å². The van der Waals surface area contributed by atoms with Gasteiger partial charge in [-0.1, -0.05) is 4.55 Å². The predicted molar refractivity (Wildman–Crippen MR) is 47.5 cm³/mol. The second kappa shape index (κ2) is 5.23. The lowest BCUT2D eigenvalue weighted by Gasteiger charge is -1.80. The summed E-state index contributed by atoms with van der Waals surface area (Å²) in [5.74, 6) is 0. The Morgan fingerprint density at radius 3 is 2.17 bits per heavy atom. The molecular weight excluding hydrogens is 246 g/mol. The Kier molecular flexibility index (Phi) is 5.03. The van der Waals surface area contributed by atoms with Crippen LogP contribution in [0.5, 0.6) is 0 Å². The van der Waals surface area contributed by atoms with Crippen molar-refractivity contribution in [3.05, 3.63) is 29.0 Å². The van der Waals surface area contributed by atoms with Gasteiger partial charge in [0, 0.05) is 16.9 Å². The van der Waals surface area contributed by atoms with Gasteiger partial charge in [-0.15, -0.1) is 0 Å². The van der Waals surface area contributed by atoms with E-state index >= 15 is 0 Å². The van der Waals surface area contributed by atoms with Crippen LogP contribution >= 0.6 is 15.9 Å². The molecule has 0 amide bonds. The van der Waals surface area contributed by atoms with E-state index in [1.54, 1.807) is 12.4 Å². The molecule has 1 rings (SSSR count). The molecule has 0 unspecified atom stereocenters. The minimum absolute atomic E-state index is 0.604. The van der Waals surface area contributed by atoms with E-state index < -0.39 is 10.1 Å². The summed E-state index contributed by atoms with van der Waals surface area (Å²) in [5, 5.41) is 0. The predicted octanol–water partition coefficient (Wildman–Crippen LogP) is 1.22. The van der Waals surface area contributed by atoms with Crippen LogP contribution in [0.25, 0.3) is 0 Å². The number of hydrogen-bond donors (Lipinski definition) is 0. The highest BCUT2D eigenvalue weighted by atomic mass is 79.9. The number of pyridine rings is 1. The normalized spacial score (nSPS) is 9.92. The van der Waals surface area contributed by atoms with E-state index in [4.69, 9.17) is 13.0 Å². The van der Waals surface area contributed by atoms with E-state index in [9.17, 15) is 0 Å². The molecule has 1 aromatic heterocycles. The maximum atomic E-state index is 9.08. The third kappa shape index (κ3) is 12.2. The van der Waals surface area contributed by atoms with Crippen molar-refractivity contribution in [1.29, 1.82) is 0 Å². The Morgan fingerprint density at radius 1 is 1.50 bits per heavy atom. The summed E-state index contributed by atoms with van der Waals surface area (Å²) in [6.07, 6.45) is 4.10. The second-order valence-electron chi connectivity index (χ2n) is 1.88. The van der Waals surface area contributed by atoms with E-state index in [-0.39, 0.29) is 0 Å². The summed E-state index contributed by atoms with van der Waals surface area (Å²) >= 11 is 3.25. The molecule has 0 bridgehead atoms. The van der Waals surface area contributed by atoms with Crippen LogP contribution in [0.3, 0.4) is 0 Å². The minimum atomic E-state index is -3.92. The lowest BCUT2D eigenvalue weighted by Crippen LogP contribution is -1.85. The summed E-state index contributed by atoms with van der Waals surface area (Å²) in [4.78, 5) is 3.84. The molecule has 1 radical (unpaired) electrons. The van der Waals surface area contributed by atoms with Crippen molar-refractivity contribution in [2.75, 3.05) is 6.26 Å². The third-order valence-electron chi connectivity index (χ3n) is 0.625. The van der Waals surface area contributed by atoms with Crippen molar-refractivity contribution in [1.82, 2.24) is 4.98 Å². The largest absolute Gasteiger partial charge is 0.291 e. The van der Waals surface area contributed by atoms with E-state index in [2.05, 4.69) is 20.9 Å². The van der Waals surface area contributed by atoms with Crippen molar-refractivity contribution in [3.8, 4) is 0 Å². The zero-order valence-corrected chi connectivity index (χ0v) is 8.67. The van der Waals surface area contributed by atoms with Crippen molar-refractivity contribution in [3.63, 3.8) is 0 Å². The second-order valence-corrected chi connectivity index (χ2v) is 4.20. The first kappa shape index (κ1) is 11.5. The Labute approximate surface area is 79.5 Å². The summed E-state index contributed by atoms with van der Waals surface area (Å²) in [5.41, 5.74) is 0. The van der Waals surface area contributed by atoms with Gasteiger partial charge in [-0.2, -0.15) is 8.42 Å². The molecule has 6 heteroatoms. The topological polar surface area (TPSA) is 66.9 Å². The molecule has 4 nitrogen and oxygen atoms in total. The van der Waals surface area contributed by atoms with Gasteiger partial charge >= 0.3 is 0 Å². The molecule has 1 aromatic rings. The first-order chi connectivity index (χ1) is 5.39. The molecule has 0 N–H and O–H groups in total. The first-order valence-electron chi connectivity index (χ1n) is 2.86. The number of halogens is 1. The molecule has 0 aliphatic rings. The van der Waals surface area contributed by atoms with Crippen LogP contribution in [0.2, 0.25) is 0 Å². The number of rotatable bonds is 0. The van der Waals surface area contributed by atoms with Crippen LogP contribution in [0, 0.1) is 0 Å². The molecule has 12 heavy (non-hydrogen) atoms. The fraction of sp³-hybridized carbons (Fsp3) is 0.167. The molecule has 0 aliphatic carbocycles. The summed E-state index contributed by atoms with van der Waals surface area (Å²) in [6, 6.07) is 3.82. The van der Waals surface area contributed by atoms with Crippen molar-refractivity contribution >= 4 is 26.0 Å². The van der Waals surface area contributed by atoms with Gasteiger partial charge in [-0.05, 0) is 28.1 Å². The summed E-state index contributed by atoms with van der Waals surface area (Å²) < 4.78 is 28.3. The van der Waals surface area contributed by atoms with Crippen molar-refractivity contribution in [2.45, 2.75) is 0 Å². The Balaban J connectivity index is 0.000000217. The van der Waals surface area contributed by atoms with Gasteiger partial charge in [0.2, 0.25) is 0 Å². The van der Waals surface area contributed by atoms with Crippen molar-refractivity contribution < 1.29 is 13.0 Å². The van der Waals surface area contributed by atoms with Crippen LogP contribution in [0.4, 0.5) is 0 Å². The van der Waals surface area contributed by atoms with E-state index in [0.717, 1.165) is 4.47 Å². The van der Waals surface area contributed by atoms with Gasteiger partial charge in [0.1, 0.15) is 0 Å². The van der Waals surface area contributed by atoms with Gasteiger partial charge in [0.25, 0.3) is 10.1 Å². The highest BCUT2D eigenvalue weighted by Crippen LogP contribution is 2.02. The average molecular weight is 253 g/mol. The number of aromatic nitrogens is 1. The lowest BCUT2D eigenvalue weighted by molar-refractivity contribution is 0.420. The zero-order valence-electron chi connectivity index (χ0n) is 6.27. The van der Waals surface area contributed by atoms with Gasteiger partial charge in [-0.3, -0.25) is 4.98 Å². The molecule has 0 atom stereocenters. The molecule has 0 saturated carbocycles. The Hall–Kier alpha value is -0.460.